The van der Waals surface area contributed by atoms with Crippen LogP contribution in [0.25, 0.3) is 6.08 Å². The van der Waals surface area contributed by atoms with Crippen LogP contribution in [-0.4, -0.2) is 26.1 Å². The monoisotopic (exact) mass is 421 g/mol. The zero-order valence-corrected chi connectivity index (χ0v) is 15.7. The van der Waals surface area contributed by atoms with Gasteiger partial charge >= 0.3 is 5.97 Å². The van der Waals surface area contributed by atoms with Crippen LogP contribution in [0.3, 0.4) is 0 Å². The third kappa shape index (κ3) is 3.55. The Balaban J connectivity index is 2.02. The van der Waals surface area contributed by atoms with Crippen LogP contribution in [0.1, 0.15) is 11.1 Å². The summed E-state index contributed by atoms with van der Waals surface area (Å²) >= 11 is 9.58. The number of carbonyl (C=O) groups excluding carboxylic acids is 1. The second-order valence-electron chi connectivity index (χ2n) is 5.04. The van der Waals surface area contributed by atoms with Gasteiger partial charge in [0.15, 0.2) is 17.2 Å². The van der Waals surface area contributed by atoms with E-state index in [9.17, 15) is 4.79 Å². The number of hydrogen-bond acceptors (Lipinski definition) is 5. The molecule has 0 atom stereocenters. The van der Waals surface area contributed by atoms with Crippen molar-refractivity contribution in [3.63, 3.8) is 0 Å². The highest BCUT2D eigenvalue weighted by atomic mass is 79.9. The summed E-state index contributed by atoms with van der Waals surface area (Å²) in [6, 6.07) is 10.5. The molecular weight excluding hydrogens is 410 g/mol. The summed E-state index contributed by atoms with van der Waals surface area (Å²) in [5.41, 5.74) is 1.43. The summed E-state index contributed by atoms with van der Waals surface area (Å²) < 4.78 is 16.5. The van der Waals surface area contributed by atoms with Gasteiger partial charge in [0.1, 0.15) is 0 Å². The fourth-order valence-electron chi connectivity index (χ4n) is 2.29. The molecule has 1 aliphatic heterocycles. The summed E-state index contributed by atoms with van der Waals surface area (Å²) in [4.78, 5) is 16.4. The molecule has 1 aliphatic rings. The standard InChI is InChI=1S/C18H13BrClNO4/c1-23-15-8-10(12(19)9-16(15)24-2)7-14-18(22)25-17(21-14)11-5-3-4-6-13(11)20/h3-9H,1-2H3/b14-7+. The second-order valence-corrected chi connectivity index (χ2v) is 6.31. The van der Waals surface area contributed by atoms with Crippen molar-refractivity contribution >= 4 is 45.5 Å². The van der Waals surface area contributed by atoms with E-state index in [4.69, 9.17) is 25.8 Å². The Kier molecular flexibility index (Phi) is 5.11. The molecule has 2 aromatic rings. The lowest BCUT2D eigenvalue weighted by atomic mass is 10.1. The van der Waals surface area contributed by atoms with Crippen molar-refractivity contribution < 1.29 is 19.0 Å². The minimum absolute atomic E-state index is 0.169. The predicted molar refractivity (Wildman–Crippen MR) is 99.3 cm³/mol. The SMILES string of the molecule is COc1cc(Br)c(/C=C2/N=C(c3ccccc3Cl)OC2=O)cc1OC. The molecule has 0 saturated carbocycles. The largest absolute Gasteiger partial charge is 0.493 e. The molecule has 0 saturated heterocycles. The summed E-state index contributed by atoms with van der Waals surface area (Å²) in [7, 11) is 3.09. The average Bonchev–Trinajstić information content (AvgIpc) is 2.97. The van der Waals surface area contributed by atoms with Crippen molar-refractivity contribution in [3.8, 4) is 11.5 Å². The van der Waals surface area contributed by atoms with Crippen LogP contribution in [-0.2, 0) is 9.53 Å². The first-order valence-corrected chi connectivity index (χ1v) is 8.39. The molecule has 0 N–H and O–H groups in total. The van der Waals surface area contributed by atoms with Crippen LogP contribution in [0.2, 0.25) is 5.02 Å². The summed E-state index contributed by atoms with van der Waals surface area (Å²) in [6.45, 7) is 0. The molecule has 7 heteroatoms. The van der Waals surface area contributed by atoms with Gasteiger partial charge in [-0.2, -0.15) is 0 Å². The van der Waals surface area contributed by atoms with Crippen LogP contribution in [0.4, 0.5) is 0 Å². The van der Waals surface area contributed by atoms with Crippen molar-refractivity contribution in [1.82, 2.24) is 0 Å². The molecule has 0 aliphatic carbocycles. The second kappa shape index (κ2) is 7.29. The summed E-state index contributed by atoms with van der Waals surface area (Å²) in [6.07, 6.45) is 1.61. The summed E-state index contributed by atoms with van der Waals surface area (Å²) in [5.74, 6) is 0.750. The Morgan fingerprint density at radius 3 is 2.52 bits per heavy atom. The first kappa shape index (κ1) is 17.5. The Morgan fingerprint density at radius 2 is 1.84 bits per heavy atom. The highest BCUT2D eigenvalue weighted by Crippen LogP contribution is 2.35. The van der Waals surface area contributed by atoms with Crippen LogP contribution in [0.15, 0.2) is 51.6 Å². The molecule has 2 aromatic carbocycles. The number of methoxy groups -OCH3 is 2. The third-order valence-corrected chi connectivity index (χ3v) is 4.54. The Hall–Kier alpha value is -2.31. The van der Waals surface area contributed by atoms with Crippen molar-refractivity contribution in [2.24, 2.45) is 4.99 Å². The van der Waals surface area contributed by atoms with Gasteiger partial charge in [0, 0.05) is 4.47 Å². The van der Waals surface area contributed by atoms with Crippen LogP contribution >= 0.6 is 27.5 Å². The van der Waals surface area contributed by atoms with Crippen molar-refractivity contribution in [2.45, 2.75) is 0 Å². The number of esters is 1. The normalized spacial score (nSPS) is 15.1. The van der Waals surface area contributed by atoms with Gasteiger partial charge in [-0.25, -0.2) is 9.79 Å². The van der Waals surface area contributed by atoms with Crippen molar-refractivity contribution in [1.29, 1.82) is 0 Å². The number of carbonyl (C=O) groups is 1. The minimum Gasteiger partial charge on any atom is -0.493 e. The van der Waals surface area contributed by atoms with Crippen LogP contribution in [0.5, 0.6) is 11.5 Å². The smallest absolute Gasteiger partial charge is 0.363 e. The zero-order valence-electron chi connectivity index (χ0n) is 13.4. The van der Waals surface area contributed by atoms with Gasteiger partial charge in [-0.3, -0.25) is 0 Å². The van der Waals surface area contributed by atoms with E-state index >= 15 is 0 Å². The Bertz CT molecular complexity index is 908. The molecule has 3 rings (SSSR count). The maximum atomic E-state index is 12.1. The van der Waals surface area contributed by atoms with Gasteiger partial charge in [-0.15, -0.1) is 0 Å². The van der Waals surface area contributed by atoms with Gasteiger partial charge in [0.25, 0.3) is 0 Å². The molecule has 0 aromatic heterocycles. The van der Waals surface area contributed by atoms with E-state index in [0.717, 1.165) is 4.47 Å². The Labute approximate surface area is 158 Å². The third-order valence-electron chi connectivity index (χ3n) is 3.52. The predicted octanol–water partition coefficient (Wildman–Crippen LogP) is 4.46. The van der Waals surface area contributed by atoms with Gasteiger partial charge in [0.2, 0.25) is 5.90 Å². The molecule has 128 valence electrons. The van der Waals surface area contributed by atoms with Crippen molar-refractivity contribution in [3.05, 3.63) is 62.7 Å². The molecule has 0 spiro atoms. The Morgan fingerprint density at radius 1 is 1.16 bits per heavy atom. The van der Waals surface area contributed by atoms with E-state index in [1.165, 1.54) is 0 Å². The molecule has 0 unspecified atom stereocenters. The average molecular weight is 423 g/mol. The highest BCUT2D eigenvalue weighted by molar-refractivity contribution is 9.10. The lowest BCUT2D eigenvalue weighted by molar-refractivity contribution is -0.129. The quantitative estimate of drug-likeness (QED) is 0.539. The molecule has 0 radical (unpaired) electrons. The van der Waals surface area contributed by atoms with Gasteiger partial charge in [-0.1, -0.05) is 39.7 Å². The minimum atomic E-state index is -0.545. The number of aliphatic imine (C=N–C) groups is 1. The summed E-state index contributed by atoms with van der Waals surface area (Å²) in [5, 5.41) is 0.461. The lowest BCUT2D eigenvalue weighted by Crippen LogP contribution is -2.05. The first-order chi connectivity index (χ1) is 12.0. The van der Waals surface area contributed by atoms with Crippen LogP contribution in [0, 0.1) is 0 Å². The molecule has 0 bridgehead atoms. The van der Waals surface area contributed by atoms with E-state index in [0.29, 0.717) is 27.6 Å². The number of nitrogens with zero attached hydrogens (tertiary/aromatic N) is 1. The number of hydrogen-bond donors (Lipinski definition) is 0. The molecule has 1 heterocycles. The zero-order chi connectivity index (χ0) is 18.0. The molecule has 0 fully saturated rings. The molecule has 25 heavy (non-hydrogen) atoms. The van der Waals surface area contributed by atoms with Gasteiger partial charge in [-0.05, 0) is 35.9 Å². The fourth-order valence-corrected chi connectivity index (χ4v) is 2.94. The lowest BCUT2D eigenvalue weighted by Gasteiger charge is -2.09. The number of benzene rings is 2. The fraction of sp³-hybridized carbons (Fsp3) is 0.111. The number of cyclic esters (lactones) is 1. The van der Waals surface area contributed by atoms with Crippen LogP contribution < -0.4 is 9.47 Å². The first-order valence-electron chi connectivity index (χ1n) is 7.22. The number of halogens is 2. The van der Waals surface area contributed by atoms with Gasteiger partial charge in [0.05, 0.1) is 24.8 Å². The van der Waals surface area contributed by atoms with E-state index in [-0.39, 0.29) is 11.6 Å². The number of rotatable bonds is 4. The topological polar surface area (TPSA) is 57.1 Å². The van der Waals surface area contributed by atoms with E-state index in [1.807, 2.05) is 0 Å². The maximum absolute atomic E-state index is 12.1. The van der Waals surface area contributed by atoms with E-state index < -0.39 is 5.97 Å². The van der Waals surface area contributed by atoms with Crippen molar-refractivity contribution in [2.75, 3.05) is 14.2 Å². The molecule has 5 nitrogen and oxygen atoms in total. The molecule has 0 amide bonds. The van der Waals surface area contributed by atoms with E-state index in [2.05, 4.69) is 20.9 Å². The maximum Gasteiger partial charge on any atom is 0.363 e. The van der Waals surface area contributed by atoms with Gasteiger partial charge < -0.3 is 14.2 Å². The molecular formula is C18H13BrClNO4. The van der Waals surface area contributed by atoms with E-state index in [1.54, 1.807) is 56.7 Å². The number of ether oxygens (including phenoxy) is 3. The highest BCUT2D eigenvalue weighted by Gasteiger charge is 2.25.